The van der Waals surface area contributed by atoms with Crippen molar-refractivity contribution in [1.82, 2.24) is 37.2 Å². The zero-order valence-electron chi connectivity index (χ0n) is 45.6. The largest absolute Gasteiger partial charge is 0.444 e. The van der Waals surface area contributed by atoms with Gasteiger partial charge in [-0.3, -0.25) is 40.6 Å². The number of benzene rings is 6. The van der Waals surface area contributed by atoms with Gasteiger partial charge in [0, 0.05) is 36.7 Å². The number of alkyl carbamates (subject to hydrolysis) is 2. The third-order valence-corrected chi connectivity index (χ3v) is 14.1. The molecule has 0 bridgehead atoms. The van der Waals surface area contributed by atoms with Crippen molar-refractivity contribution in [3.05, 3.63) is 213 Å². The van der Waals surface area contributed by atoms with Crippen LogP contribution in [0.3, 0.4) is 0 Å². The Labute approximate surface area is 467 Å². The summed E-state index contributed by atoms with van der Waals surface area (Å²) in [5.41, 5.74) is 9.27. The van der Waals surface area contributed by atoms with Crippen LogP contribution < -0.4 is 37.2 Å². The average Bonchev–Trinajstić information content (AvgIpc) is 4.19. The number of hydrogen-bond acceptors (Lipinski definition) is 11. The first-order valence-electron chi connectivity index (χ1n) is 26.9. The molecule has 1 saturated heterocycles. The molecule has 6 atom stereocenters. The lowest BCUT2D eigenvalue weighted by molar-refractivity contribution is -0.130. The molecule has 80 heavy (non-hydrogen) atoms. The predicted octanol–water partition coefficient (Wildman–Crippen LogP) is 8.46. The van der Waals surface area contributed by atoms with E-state index >= 15 is 0 Å². The number of amidine groups is 2. The molecule has 6 aromatic carbocycles. The maximum absolute atomic E-state index is 12.8. The molecule has 416 valence electrons. The lowest BCUT2D eigenvalue weighted by atomic mass is 9.95. The predicted molar refractivity (Wildman–Crippen MR) is 307 cm³/mol. The summed E-state index contributed by atoms with van der Waals surface area (Å²) in [4.78, 5) is 74.8. The summed E-state index contributed by atoms with van der Waals surface area (Å²) in [7, 11) is 0. The monoisotopic (exact) mass is 1080 g/mol. The van der Waals surface area contributed by atoms with E-state index < -0.39 is 24.3 Å². The quantitative estimate of drug-likeness (QED) is 0.0295. The van der Waals surface area contributed by atoms with E-state index in [0.29, 0.717) is 23.5 Å². The van der Waals surface area contributed by atoms with Gasteiger partial charge in [-0.1, -0.05) is 169 Å². The minimum atomic E-state index is -0.709. The smallest absolute Gasteiger partial charge is 0.413 e. The number of nitrogens with one attached hydrogen (secondary N) is 9. The Morgan fingerprint density at radius 3 is 1.44 bits per heavy atom. The van der Waals surface area contributed by atoms with Crippen molar-refractivity contribution in [3.63, 3.8) is 0 Å². The molecule has 6 aromatic rings. The SMILES string of the molecule is Cc1cccc([C@@H]2CC[C@@H](C(=O)N[C@@H](C)C(=O)NCc3ccc(C(=N)NC(=O)OCc4ccccc4)cc3)C2)c1.Cc1cccc([C@@H]2CN[C@@H](C(=O)N[C@@H](C)C(=O)NCc3ccc(C(=N)NC(=O)OCc4ccccc4)cc3)C2)c1. The Morgan fingerprint density at radius 2 is 0.975 bits per heavy atom. The highest BCUT2D eigenvalue weighted by atomic mass is 16.6. The number of ether oxygens (including phenoxy) is 2. The van der Waals surface area contributed by atoms with Crippen molar-refractivity contribution in [3.8, 4) is 0 Å². The minimum absolute atomic E-state index is 0.0736. The molecule has 0 spiro atoms. The van der Waals surface area contributed by atoms with Crippen molar-refractivity contribution in [1.29, 1.82) is 10.8 Å². The topological polar surface area (TPSA) is 253 Å². The number of amides is 6. The van der Waals surface area contributed by atoms with E-state index in [9.17, 15) is 28.8 Å². The van der Waals surface area contributed by atoms with E-state index in [2.05, 4.69) is 93.5 Å². The van der Waals surface area contributed by atoms with Crippen LogP contribution >= 0.6 is 0 Å². The molecule has 1 aliphatic heterocycles. The first-order chi connectivity index (χ1) is 38.6. The van der Waals surface area contributed by atoms with Gasteiger partial charge in [0.2, 0.25) is 23.6 Å². The molecule has 0 unspecified atom stereocenters. The molecule has 1 saturated carbocycles. The van der Waals surface area contributed by atoms with Gasteiger partial charge in [-0.05, 0) is 98.6 Å². The zero-order valence-corrected chi connectivity index (χ0v) is 45.6. The minimum Gasteiger partial charge on any atom is -0.444 e. The molecule has 1 aliphatic carbocycles. The summed E-state index contributed by atoms with van der Waals surface area (Å²) in [6, 6.07) is 47.5. The Bertz CT molecular complexity index is 2890. The van der Waals surface area contributed by atoms with Crippen molar-refractivity contribution < 1.29 is 38.2 Å². The fraction of sp³-hybridized carbons (Fsp3) is 0.302. The molecule has 8 rings (SSSR count). The Hall–Kier alpha value is -8.96. The highest BCUT2D eigenvalue weighted by molar-refractivity contribution is 6.05. The lowest BCUT2D eigenvalue weighted by Crippen LogP contribution is -2.49. The molecule has 2 fully saturated rings. The second kappa shape index (κ2) is 29.1. The zero-order chi connectivity index (χ0) is 57.0. The van der Waals surface area contributed by atoms with E-state index in [4.69, 9.17) is 20.3 Å². The Kier molecular flexibility index (Phi) is 21.4. The Morgan fingerprint density at radius 1 is 0.525 bits per heavy atom. The third kappa shape index (κ3) is 18.1. The first-order valence-corrected chi connectivity index (χ1v) is 26.9. The van der Waals surface area contributed by atoms with Gasteiger partial charge in [0.25, 0.3) is 0 Å². The van der Waals surface area contributed by atoms with Crippen LogP contribution in [0.4, 0.5) is 9.59 Å². The normalized spacial score (nSPS) is 16.9. The van der Waals surface area contributed by atoms with Crippen molar-refractivity contribution in [2.24, 2.45) is 5.92 Å². The lowest BCUT2D eigenvalue weighted by Gasteiger charge is -2.17. The van der Waals surface area contributed by atoms with Gasteiger partial charge in [0.15, 0.2) is 0 Å². The first kappa shape index (κ1) is 58.7. The summed E-state index contributed by atoms with van der Waals surface area (Å²) in [6.07, 6.45) is 1.86. The van der Waals surface area contributed by atoms with Gasteiger partial charge in [0.1, 0.15) is 37.0 Å². The number of aryl methyl sites for hydroxylation is 2. The fourth-order valence-corrected chi connectivity index (χ4v) is 9.47. The van der Waals surface area contributed by atoms with Gasteiger partial charge < -0.3 is 36.1 Å². The van der Waals surface area contributed by atoms with Crippen LogP contribution in [0, 0.1) is 30.6 Å². The fourth-order valence-electron chi connectivity index (χ4n) is 9.47. The molecular formula is C63H71N9O8. The van der Waals surface area contributed by atoms with Gasteiger partial charge >= 0.3 is 12.2 Å². The number of carbonyl (C=O) groups is 6. The van der Waals surface area contributed by atoms with Crippen LogP contribution in [-0.4, -0.2) is 72.2 Å². The standard InChI is InChI=1S/C32H36N4O4.C31H35N5O4/c1-21-7-6-10-26(17-21)27-15-16-28(18-27)31(38)35-22(2)30(37)34-19-23-11-13-25(14-12-23)29(33)36-32(39)40-20-24-8-4-3-5-9-24;1-20-7-6-10-25(15-20)26-16-27(33-18-26)30(38)35-21(2)29(37)34-17-22-11-13-24(14-12-22)28(32)36-31(39)40-19-23-8-4-3-5-9-23/h3-14,17,22,27-28H,15-16,18-20H2,1-2H3,(H,34,37)(H,35,38)(H2,33,36,39);3-15,21,26-27,33H,16-19H2,1-2H3,(H,34,37)(H,35,38)(H2,32,36,39)/t22-,27+,28+;21-,26-,27+/m00/s1. The van der Waals surface area contributed by atoms with Crippen LogP contribution in [0.25, 0.3) is 0 Å². The Balaban J connectivity index is 0.000000231. The van der Waals surface area contributed by atoms with Gasteiger partial charge in [0.05, 0.1) is 6.04 Å². The summed E-state index contributed by atoms with van der Waals surface area (Å²) >= 11 is 0. The van der Waals surface area contributed by atoms with Crippen LogP contribution in [-0.2, 0) is 55.0 Å². The number of rotatable bonds is 18. The molecule has 0 aromatic heterocycles. The molecule has 9 N–H and O–H groups in total. The summed E-state index contributed by atoms with van der Waals surface area (Å²) in [6.45, 7) is 8.97. The summed E-state index contributed by atoms with van der Waals surface area (Å²) in [5, 5.41) is 35.7. The maximum atomic E-state index is 12.8. The van der Waals surface area contributed by atoms with E-state index in [1.807, 2.05) is 66.7 Å². The second-order valence-electron chi connectivity index (χ2n) is 20.3. The third-order valence-electron chi connectivity index (χ3n) is 14.1. The van der Waals surface area contributed by atoms with Crippen LogP contribution in [0.5, 0.6) is 0 Å². The summed E-state index contributed by atoms with van der Waals surface area (Å²) < 4.78 is 10.3. The second-order valence-corrected chi connectivity index (χ2v) is 20.3. The molecule has 17 nitrogen and oxygen atoms in total. The van der Waals surface area contributed by atoms with Crippen molar-refractivity contribution in [2.45, 2.75) is 110 Å². The highest BCUT2D eigenvalue weighted by Gasteiger charge is 2.33. The van der Waals surface area contributed by atoms with Gasteiger partial charge in [-0.15, -0.1) is 0 Å². The molecule has 2 aliphatic rings. The van der Waals surface area contributed by atoms with Crippen LogP contribution in [0.1, 0.15) is 107 Å². The highest BCUT2D eigenvalue weighted by Crippen LogP contribution is 2.38. The van der Waals surface area contributed by atoms with Crippen LogP contribution in [0.2, 0.25) is 0 Å². The van der Waals surface area contributed by atoms with E-state index in [1.165, 1.54) is 22.3 Å². The molecule has 6 amide bonds. The van der Waals surface area contributed by atoms with E-state index in [-0.39, 0.29) is 79.5 Å². The average molecular weight is 1080 g/mol. The molecule has 0 radical (unpaired) electrons. The molecular weight excluding hydrogens is 1010 g/mol. The van der Waals surface area contributed by atoms with Crippen molar-refractivity contribution >= 4 is 47.5 Å². The van der Waals surface area contributed by atoms with Gasteiger partial charge in [-0.2, -0.15) is 0 Å². The van der Waals surface area contributed by atoms with Crippen molar-refractivity contribution in [2.75, 3.05) is 6.54 Å². The van der Waals surface area contributed by atoms with E-state index in [1.54, 1.807) is 62.4 Å². The maximum Gasteiger partial charge on any atom is 0.413 e. The van der Waals surface area contributed by atoms with E-state index in [0.717, 1.165) is 48.1 Å². The molecule has 1 heterocycles. The summed E-state index contributed by atoms with van der Waals surface area (Å²) in [5.74, 6) is -0.434. The van der Waals surface area contributed by atoms with Gasteiger partial charge in [-0.25, -0.2) is 9.59 Å². The number of carbonyl (C=O) groups excluding carboxylic acids is 6. The number of hydrogen-bond donors (Lipinski definition) is 9. The molecule has 17 heteroatoms. The van der Waals surface area contributed by atoms with Crippen LogP contribution in [0.15, 0.2) is 158 Å².